The zero-order valence-electron chi connectivity index (χ0n) is 13.6. The van der Waals surface area contributed by atoms with Crippen LogP contribution in [0.25, 0.3) is 10.6 Å². The number of carbonyl (C=O) groups excluding carboxylic acids is 1. The molecule has 0 fully saturated rings. The summed E-state index contributed by atoms with van der Waals surface area (Å²) in [6.45, 7) is 0.313. The first-order chi connectivity index (χ1) is 11.1. The molecule has 0 aromatic carbocycles. The molecule has 24 heavy (non-hydrogen) atoms. The Morgan fingerprint density at radius 2 is 2.08 bits per heavy atom. The van der Waals surface area contributed by atoms with Crippen LogP contribution in [0.2, 0.25) is 0 Å². The van der Waals surface area contributed by atoms with Gasteiger partial charge in [-0.2, -0.15) is 0 Å². The summed E-state index contributed by atoms with van der Waals surface area (Å²) in [6, 6.07) is 3.93. The molecule has 10 heteroatoms. The van der Waals surface area contributed by atoms with E-state index in [4.69, 9.17) is 4.52 Å². The van der Waals surface area contributed by atoms with Crippen molar-refractivity contribution in [3.8, 4) is 10.6 Å². The number of thiophene rings is 1. The van der Waals surface area contributed by atoms with Crippen molar-refractivity contribution in [2.45, 2.75) is 16.7 Å². The van der Waals surface area contributed by atoms with Crippen molar-refractivity contribution in [3.63, 3.8) is 0 Å². The number of hydrogen-bond acceptors (Lipinski definition) is 7. The number of rotatable bonds is 8. The standard InChI is InChI=1S/C14H19N3O5S2/c1-17(2,3)9-10(8-13(18)19)16-24(20,21)14-5-4-12(23-14)11-6-7-15-22-11/h4-7,10,16H,8-9H2,1-3H3/t10-/m1/s1. The molecule has 0 aliphatic rings. The van der Waals surface area contributed by atoms with Crippen LogP contribution in [0.15, 0.2) is 33.1 Å². The van der Waals surface area contributed by atoms with Crippen LogP contribution in [0, 0.1) is 0 Å². The highest BCUT2D eigenvalue weighted by atomic mass is 32.2. The van der Waals surface area contributed by atoms with Crippen LogP contribution in [0.5, 0.6) is 0 Å². The molecular formula is C14H19N3O5S2. The number of carboxylic acid groups (broad SMARTS) is 1. The maximum Gasteiger partial charge on any atom is 0.250 e. The van der Waals surface area contributed by atoms with Gasteiger partial charge in [-0.15, -0.1) is 11.3 Å². The fraction of sp³-hybridized carbons (Fsp3) is 0.429. The minimum Gasteiger partial charge on any atom is -0.550 e. The number of quaternary nitrogens is 1. The van der Waals surface area contributed by atoms with Crippen LogP contribution in [0.1, 0.15) is 6.42 Å². The minimum absolute atomic E-state index is 0.0821. The maximum atomic E-state index is 12.5. The Labute approximate surface area is 144 Å². The highest BCUT2D eigenvalue weighted by Crippen LogP contribution is 2.30. The zero-order chi connectivity index (χ0) is 18.0. The Bertz CT molecular complexity index is 791. The number of nitrogens with one attached hydrogen (secondary N) is 1. The summed E-state index contributed by atoms with van der Waals surface area (Å²) in [5.74, 6) is -0.830. The van der Waals surface area contributed by atoms with Crippen LogP contribution in [0.3, 0.4) is 0 Å². The smallest absolute Gasteiger partial charge is 0.250 e. The van der Waals surface area contributed by atoms with Gasteiger partial charge in [-0.3, -0.25) is 0 Å². The molecule has 0 saturated carbocycles. The minimum atomic E-state index is -3.84. The van der Waals surface area contributed by atoms with Crippen molar-refractivity contribution in [1.82, 2.24) is 9.88 Å². The molecule has 0 aliphatic heterocycles. The molecule has 2 aromatic rings. The maximum absolute atomic E-state index is 12.5. The van der Waals surface area contributed by atoms with Crippen molar-refractivity contribution in [2.75, 3.05) is 27.7 Å². The normalized spacial score (nSPS) is 13.8. The van der Waals surface area contributed by atoms with Gasteiger partial charge in [-0.05, 0) is 12.1 Å². The number of carbonyl (C=O) groups is 1. The average Bonchev–Trinajstić information content (AvgIpc) is 3.07. The zero-order valence-corrected chi connectivity index (χ0v) is 15.2. The van der Waals surface area contributed by atoms with Crippen molar-refractivity contribution in [2.24, 2.45) is 0 Å². The van der Waals surface area contributed by atoms with Gasteiger partial charge >= 0.3 is 0 Å². The van der Waals surface area contributed by atoms with E-state index < -0.39 is 28.5 Å². The summed E-state index contributed by atoms with van der Waals surface area (Å²) in [6.07, 6.45) is 1.08. The fourth-order valence-electron chi connectivity index (χ4n) is 2.22. The Morgan fingerprint density at radius 3 is 2.62 bits per heavy atom. The summed E-state index contributed by atoms with van der Waals surface area (Å²) in [4.78, 5) is 11.5. The largest absolute Gasteiger partial charge is 0.550 e. The van der Waals surface area contributed by atoms with Crippen LogP contribution in [0.4, 0.5) is 0 Å². The van der Waals surface area contributed by atoms with E-state index in [-0.39, 0.29) is 4.21 Å². The number of nitrogens with zero attached hydrogens (tertiary/aromatic N) is 2. The lowest BCUT2D eigenvalue weighted by Gasteiger charge is -2.29. The summed E-state index contributed by atoms with van der Waals surface area (Å²) in [5.41, 5.74) is 0. The van der Waals surface area contributed by atoms with E-state index >= 15 is 0 Å². The van der Waals surface area contributed by atoms with Gasteiger partial charge in [-0.25, -0.2) is 13.1 Å². The molecule has 2 heterocycles. The van der Waals surface area contributed by atoms with E-state index in [1.807, 2.05) is 21.1 Å². The molecule has 8 nitrogen and oxygen atoms in total. The highest BCUT2D eigenvalue weighted by molar-refractivity contribution is 7.91. The molecule has 0 radical (unpaired) electrons. The molecule has 0 bridgehead atoms. The first-order valence-electron chi connectivity index (χ1n) is 7.10. The Kier molecular flexibility index (Phi) is 5.43. The molecule has 0 unspecified atom stereocenters. The van der Waals surface area contributed by atoms with Gasteiger partial charge in [0.1, 0.15) is 4.21 Å². The monoisotopic (exact) mass is 373 g/mol. The third kappa shape index (κ3) is 5.13. The van der Waals surface area contributed by atoms with Crippen molar-refractivity contribution in [3.05, 3.63) is 24.4 Å². The summed E-state index contributed by atoms with van der Waals surface area (Å²) >= 11 is 1.02. The topological polar surface area (TPSA) is 112 Å². The molecule has 0 aliphatic carbocycles. The molecule has 1 N–H and O–H groups in total. The van der Waals surface area contributed by atoms with Crippen molar-refractivity contribution in [1.29, 1.82) is 0 Å². The Morgan fingerprint density at radius 1 is 1.38 bits per heavy atom. The summed E-state index contributed by atoms with van der Waals surface area (Å²) in [7, 11) is 1.71. The van der Waals surface area contributed by atoms with Gasteiger partial charge in [-0.1, -0.05) is 5.16 Å². The quantitative estimate of drug-likeness (QED) is 0.647. The predicted octanol–water partition coefficient (Wildman–Crippen LogP) is -0.104. The van der Waals surface area contributed by atoms with E-state index in [1.54, 1.807) is 12.1 Å². The number of carboxylic acids is 1. The highest BCUT2D eigenvalue weighted by Gasteiger charge is 2.26. The molecule has 1 atom stereocenters. The second-order valence-electron chi connectivity index (χ2n) is 6.36. The molecule has 2 rings (SSSR count). The number of sulfonamides is 1. The second kappa shape index (κ2) is 7.01. The van der Waals surface area contributed by atoms with Gasteiger partial charge in [0.2, 0.25) is 0 Å². The van der Waals surface area contributed by atoms with Crippen LogP contribution < -0.4 is 9.83 Å². The molecule has 2 aromatic heterocycles. The number of hydrogen-bond donors (Lipinski definition) is 1. The average molecular weight is 373 g/mol. The third-order valence-electron chi connectivity index (χ3n) is 3.03. The molecular weight excluding hydrogens is 354 g/mol. The van der Waals surface area contributed by atoms with Crippen molar-refractivity contribution >= 4 is 27.3 Å². The van der Waals surface area contributed by atoms with E-state index in [9.17, 15) is 18.3 Å². The first kappa shape index (κ1) is 18.6. The fourth-order valence-corrected chi connectivity index (χ4v) is 4.73. The van der Waals surface area contributed by atoms with Gasteiger partial charge < -0.3 is 18.9 Å². The summed E-state index contributed by atoms with van der Waals surface area (Å²) in [5, 5.41) is 14.5. The lowest BCUT2D eigenvalue weighted by Crippen LogP contribution is -2.50. The van der Waals surface area contributed by atoms with E-state index in [2.05, 4.69) is 9.88 Å². The summed E-state index contributed by atoms with van der Waals surface area (Å²) < 4.78 is 33.0. The third-order valence-corrected chi connectivity index (χ3v) is 6.14. The van der Waals surface area contributed by atoms with E-state index in [1.165, 1.54) is 12.3 Å². The lowest BCUT2D eigenvalue weighted by molar-refractivity contribution is -0.871. The number of aromatic nitrogens is 1. The van der Waals surface area contributed by atoms with Crippen LogP contribution >= 0.6 is 11.3 Å². The lowest BCUT2D eigenvalue weighted by atomic mass is 10.2. The molecule has 0 amide bonds. The van der Waals surface area contributed by atoms with Crippen molar-refractivity contribution < 1.29 is 27.3 Å². The Balaban J connectivity index is 2.20. The van der Waals surface area contributed by atoms with Crippen LogP contribution in [-0.2, 0) is 14.8 Å². The van der Waals surface area contributed by atoms with Gasteiger partial charge in [0.15, 0.2) is 5.76 Å². The van der Waals surface area contributed by atoms with E-state index in [0.29, 0.717) is 21.7 Å². The molecule has 0 spiro atoms. The van der Waals surface area contributed by atoms with Crippen LogP contribution in [-0.4, -0.2) is 57.8 Å². The molecule has 0 saturated heterocycles. The number of aliphatic carboxylic acids is 1. The first-order valence-corrected chi connectivity index (χ1v) is 9.40. The van der Waals surface area contributed by atoms with Gasteiger partial charge in [0, 0.05) is 18.5 Å². The Hall–Kier alpha value is -1.75. The predicted molar refractivity (Wildman–Crippen MR) is 86.4 cm³/mol. The van der Waals surface area contributed by atoms with E-state index in [0.717, 1.165) is 11.3 Å². The van der Waals surface area contributed by atoms with Gasteiger partial charge in [0.05, 0.1) is 44.8 Å². The van der Waals surface area contributed by atoms with Gasteiger partial charge in [0.25, 0.3) is 10.0 Å². The second-order valence-corrected chi connectivity index (χ2v) is 9.39. The SMILES string of the molecule is C[N+](C)(C)C[C@@H](CC(=O)[O-])NS(=O)(=O)c1ccc(-c2ccno2)s1. The number of likely N-dealkylation sites (N-methyl/N-ethyl adjacent to an activating group) is 1. The molecule has 132 valence electrons.